The Hall–Kier alpha value is -2.68. The molecule has 0 spiro atoms. The number of carboxylic acid groups (broad SMARTS) is 1. The summed E-state index contributed by atoms with van der Waals surface area (Å²) in [5.41, 5.74) is 1.63. The Kier molecular flexibility index (Phi) is 9.18. The standard InChI is InChI=1S/C28H33FN2O4S/c1-35-22-5-8-26-25(17-22)24(10-12-30-26)27(32)9-2-19-11-13-31(18-20(19)16-28(33)34)14-15-36-23-6-3-21(29)4-7-23/h3-8,10,12,17,19-20,27,32H,2,9,11,13-16,18H2,1H3,(H,33,34)/t19-,20+,27-/m1/s1. The van der Waals surface area contributed by atoms with Crippen LogP contribution in [0.1, 0.15) is 37.4 Å². The van der Waals surface area contributed by atoms with Gasteiger partial charge in [-0.05, 0) is 91.7 Å². The Morgan fingerprint density at radius 1 is 1.22 bits per heavy atom. The summed E-state index contributed by atoms with van der Waals surface area (Å²) >= 11 is 1.68. The molecule has 0 bridgehead atoms. The zero-order chi connectivity index (χ0) is 25.5. The van der Waals surface area contributed by atoms with E-state index in [0.29, 0.717) is 6.42 Å². The zero-order valence-corrected chi connectivity index (χ0v) is 21.3. The molecule has 0 saturated carbocycles. The minimum Gasteiger partial charge on any atom is -0.497 e. The quantitative estimate of drug-likeness (QED) is 0.333. The predicted molar refractivity (Wildman–Crippen MR) is 140 cm³/mol. The van der Waals surface area contributed by atoms with E-state index in [2.05, 4.69) is 9.88 Å². The van der Waals surface area contributed by atoms with Gasteiger partial charge in [-0.2, -0.15) is 0 Å². The summed E-state index contributed by atoms with van der Waals surface area (Å²) in [4.78, 5) is 19.3. The van der Waals surface area contributed by atoms with Crippen molar-refractivity contribution in [1.29, 1.82) is 0 Å². The lowest BCUT2D eigenvalue weighted by Crippen LogP contribution is -2.42. The summed E-state index contributed by atoms with van der Waals surface area (Å²) in [5.74, 6) is 0.872. The van der Waals surface area contributed by atoms with Crippen molar-refractivity contribution in [3.05, 3.63) is 66.1 Å². The van der Waals surface area contributed by atoms with E-state index in [1.807, 2.05) is 24.3 Å². The molecule has 192 valence electrons. The first-order valence-electron chi connectivity index (χ1n) is 12.4. The Morgan fingerprint density at radius 3 is 2.78 bits per heavy atom. The third-order valence-electron chi connectivity index (χ3n) is 7.05. The summed E-state index contributed by atoms with van der Waals surface area (Å²) in [7, 11) is 1.62. The van der Waals surface area contributed by atoms with E-state index in [4.69, 9.17) is 4.74 Å². The molecule has 3 atom stereocenters. The molecule has 0 radical (unpaired) electrons. The Morgan fingerprint density at radius 2 is 2.03 bits per heavy atom. The first-order valence-corrected chi connectivity index (χ1v) is 13.3. The maximum atomic E-state index is 13.1. The summed E-state index contributed by atoms with van der Waals surface area (Å²) in [5, 5.41) is 21.4. The van der Waals surface area contributed by atoms with E-state index in [0.717, 1.165) is 65.3 Å². The zero-order valence-electron chi connectivity index (χ0n) is 20.5. The minimum atomic E-state index is -0.777. The minimum absolute atomic E-state index is 0.0496. The van der Waals surface area contributed by atoms with Crippen LogP contribution in [0.5, 0.6) is 5.75 Å². The second kappa shape index (κ2) is 12.5. The summed E-state index contributed by atoms with van der Waals surface area (Å²) in [6.07, 6.45) is 3.44. The lowest BCUT2D eigenvalue weighted by molar-refractivity contribution is -0.139. The van der Waals surface area contributed by atoms with Crippen molar-refractivity contribution in [1.82, 2.24) is 9.88 Å². The largest absolute Gasteiger partial charge is 0.497 e. The Labute approximate surface area is 215 Å². The second-order valence-electron chi connectivity index (χ2n) is 9.39. The lowest BCUT2D eigenvalue weighted by Gasteiger charge is -2.38. The topological polar surface area (TPSA) is 82.9 Å². The molecule has 36 heavy (non-hydrogen) atoms. The first kappa shape index (κ1) is 26.4. The molecule has 1 aliphatic heterocycles. The number of halogens is 1. The molecule has 1 saturated heterocycles. The highest BCUT2D eigenvalue weighted by atomic mass is 32.2. The van der Waals surface area contributed by atoms with Crippen LogP contribution >= 0.6 is 11.8 Å². The van der Waals surface area contributed by atoms with Crippen LogP contribution in [0, 0.1) is 17.7 Å². The van der Waals surface area contributed by atoms with Crippen LogP contribution in [0.3, 0.4) is 0 Å². The number of aliphatic carboxylic acids is 1. The van der Waals surface area contributed by atoms with E-state index in [1.54, 1.807) is 37.2 Å². The number of nitrogens with zero attached hydrogens (tertiary/aromatic N) is 2. The van der Waals surface area contributed by atoms with Gasteiger partial charge in [0.15, 0.2) is 0 Å². The number of hydrogen-bond donors (Lipinski definition) is 2. The van der Waals surface area contributed by atoms with Gasteiger partial charge < -0.3 is 19.8 Å². The molecule has 2 heterocycles. The number of aromatic nitrogens is 1. The molecule has 0 amide bonds. The molecule has 1 aromatic heterocycles. The fourth-order valence-electron chi connectivity index (χ4n) is 5.11. The highest BCUT2D eigenvalue weighted by Crippen LogP contribution is 2.35. The number of carboxylic acids is 1. The van der Waals surface area contributed by atoms with Gasteiger partial charge in [-0.15, -0.1) is 11.8 Å². The van der Waals surface area contributed by atoms with E-state index in [-0.39, 0.29) is 24.1 Å². The van der Waals surface area contributed by atoms with Gasteiger partial charge in [-0.1, -0.05) is 0 Å². The van der Waals surface area contributed by atoms with Crippen molar-refractivity contribution in [3.8, 4) is 5.75 Å². The number of ether oxygens (including phenoxy) is 1. The smallest absolute Gasteiger partial charge is 0.303 e. The average molecular weight is 513 g/mol. The normalized spacial score (nSPS) is 19.3. The van der Waals surface area contributed by atoms with E-state index < -0.39 is 12.1 Å². The van der Waals surface area contributed by atoms with Gasteiger partial charge in [0.2, 0.25) is 0 Å². The van der Waals surface area contributed by atoms with Gasteiger partial charge in [0, 0.05) is 41.7 Å². The number of benzene rings is 2. The van der Waals surface area contributed by atoms with Gasteiger partial charge in [0.25, 0.3) is 0 Å². The molecule has 4 rings (SSSR count). The Balaban J connectivity index is 1.34. The molecular formula is C28H33FN2O4S. The van der Waals surface area contributed by atoms with Crippen LogP contribution < -0.4 is 4.74 Å². The molecule has 3 aromatic rings. The number of piperidine rings is 1. The average Bonchev–Trinajstić information content (AvgIpc) is 2.88. The van der Waals surface area contributed by atoms with Crippen molar-refractivity contribution in [2.24, 2.45) is 11.8 Å². The van der Waals surface area contributed by atoms with Gasteiger partial charge >= 0.3 is 5.97 Å². The number of fused-ring (bicyclic) bond motifs is 1. The molecular weight excluding hydrogens is 479 g/mol. The lowest BCUT2D eigenvalue weighted by atomic mass is 9.79. The van der Waals surface area contributed by atoms with Crippen LogP contribution in [0.4, 0.5) is 4.39 Å². The van der Waals surface area contributed by atoms with Crippen molar-refractivity contribution < 1.29 is 24.1 Å². The monoisotopic (exact) mass is 512 g/mol. The Bertz CT molecular complexity index is 1160. The van der Waals surface area contributed by atoms with Crippen LogP contribution in [0.25, 0.3) is 10.9 Å². The SMILES string of the molecule is COc1ccc2nccc([C@H](O)CC[C@@H]3CCN(CCSc4ccc(F)cc4)C[C@@H]3CC(=O)O)c2c1. The van der Waals surface area contributed by atoms with Gasteiger partial charge in [-0.3, -0.25) is 9.78 Å². The summed E-state index contributed by atoms with van der Waals surface area (Å²) in [6.45, 7) is 2.51. The number of carbonyl (C=O) groups is 1. The highest BCUT2D eigenvalue weighted by molar-refractivity contribution is 7.99. The third-order valence-corrected chi connectivity index (χ3v) is 8.05. The third kappa shape index (κ3) is 6.96. The van der Waals surface area contributed by atoms with Crippen molar-refractivity contribution in [3.63, 3.8) is 0 Å². The molecule has 2 N–H and O–H groups in total. The number of likely N-dealkylation sites (tertiary alicyclic amines) is 1. The number of aliphatic hydroxyl groups is 1. The molecule has 8 heteroatoms. The highest BCUT2D eigenvalue weighted by Gasteiger charge is 2.31. The maximum Gasteiger partial charge on any atom is 0.303 e. The number of rotatable bonds is 11. The first-order chi connectivity index (χ1) is 17.4. The van der Waals surface area contributed by atoms with Crippen molar-refractivity contribution >= 4 is 28.6 Å². The number of methoxy groups -OCH3 is 1. The van der Waals surface area contributed by atoms with Crippen LogP contribution in [-0.4, -0.2) is 58.6 Å². The number of hydrogen-bond acceptors (Lipinski definition) is 6. The van der Waals surface area contributed by atoms with Gasteiger partial charge in [-0.25, -0.2) is 4.39 Å². The molecule has 2 aromatic carbocycles. The van der Waals surface area contributed by atoms with Crippen molar-refractivity contribution in [2.45, 2.75) is 36.7 Å². The van der Waals surface area contributed by atoms with Crippen LogP contribution in [0.15, 0.2) is 59.6 Å². The predicted octanol–water partition coefficient (Wildman–Crippen LogP) is 5.40. The van der Waals surface area contributed by atoms with E-state index in [1.165, 1.54) is 12.1 Å². The fraction of sp³-hybridized carbons (Fsp3) is 0.429. The molecule has 6 nitrogen and oxygen atoms in total. The molecule has 0 aliphatic carbocycles. The van der Waals surface area contributed by atoms with E-state index in [9.17, 15) is 19.4 Å². The fourth-order valence-corrected chi connectivity index (χ4v) is 6.02. The second-order valence-corrected chi connectivity index (χ2v) is 10.6. The summed E-state index contributed by atoms with van der Waals surface area (Å²) in [6, 6.07) is 14.0. The number of thioether (sulfide) groups is 1. The molecule has 1 aliphatic rings. The van der Waals surface area contributed by atoms with Crippen molar-refractivity contribution in [2.75, 3.05) is 32.5 Å². The number of aliphatic hydroxyl groups excluding tert-OH is 1. The number of pyridine rings is 1. The van der Waals surface area contributed by atoms with E-state index >= 15 is 0 Å². The van der Waals surface area contributed by atoms with Gasteiger partial charge in [0.05, 0.1) is 18.7 Å². The molecule has 0 unspecified atom stereocenters. The van der Waals surface area contributed by atoms with Crippen LogP contribution in [0.2, 0.25) is 0 Å². The summed E-state index contributed by atoms with van der Waals surface area (Å²) < 4.78 is 18.4. The van der Waals surface area contributed by atoms with Crippen LogP contribution in [-0.2, 0) is 4.79 Å². The molecule has 1 fully saturated rings. The maximum absolute atomic E-state index is 13.1. The van der Waals surface area contributed by atoms with Gasteiger partial charge in [0.1, 0.15) is 11.6 Å².